The van der Waals surface area contributed by atoms with Gasteiger partial charge in [0.1, 0.15) is 69.8 Å². The second-order valence-corrected chi connectivity index (χ2v) is 55.8. The van der Waals surface area contributed by atoms with E-state index in [0.29, 0.717) is 156 Å². The molecular weight excluding hydrogens is 2630 g/mol. The summed E-state index contributed by atoms with van der Waals surface area (Å²) in [6.45, 7) is 25.9. The van der Waals surface area contributed by atoms with Crippen molar-refractivity contribution in [1.29, 1.82) is 0 Å². The van der Waals surface area contributed by atoms with Gasteiger partial charge in [-0.2, -0.15) is 0 Å². The number of carboxylic acid groups (broad SMARTS) is 1. The molecule has 4 saturated heterocycles. The summed E-state index contributed by atoms with van der Waals surface area (Å²) in [5, 5.41) is 58.6. The maximum absolute atomic E-state index is 14.3. The third-order valence-electron chi connectivity index (χ3n) is 22.8. The van der Waals surface area contributed by atoms with E-state index in [1.54, 1.807) is 79.8 Å². The molecule has 0 bridgehead atoms. The number of ketones is 1. The molecule has 4 fully saturated rings. The van der Waals surface area contributed by atoms with Crippen LogP contribution >= 0.6 is 156 Å². The Labute approximate surface area is 938 Å². The number of morpholine rings is 4. The van der Waals surface area contributed by atoms with Crippen LogP contribution in [0.2, 0.25) is 0 Å². The maximum atomic E-state index is 14.3. The Kier molecular flexibility index (Phi) is 64.2. The predicted molar refractivity (Wildman–Crippen MR) is 604 cm³/mol. The molecule has 0 radical (unpaired) electrons. The van der Waals surface area contributed by atoms with E-state index in [-0.39, 0.29) is 113 Å². The standard InChI is InChI=1S/C41H54N6O6S2.C24H34N4O5S.C17H28N4O5S.C15H21ClN2O3.CH4.I3.I2.HI/c1-41(2,51)38-43-34(28-54-38)26-46(3)39(49)45-36(16-17-47-18-20-52-21-19-47)37(48)24-32(22-30-10-6-4-7-11-30)14-15-33(23-31-12-8-5-9-13-31)44-40(50)53-27-35-25-42-29-55-35;1-24(2,31)22-25-19(17-34-22)15-27(3)23(30)26-20(9-10-28-11-13-32-14-12-28)21(29)33-16-18-7-5-4-6-8-18;1-17(2,25)15-18-12(11-27-15)10-20(3)16(24)19-13(14(22)23)4-5-21-6-8-26-9-7-21;16-17-14(6-7-18-8-10-20-11-9-18)15(19)21-12-13-4-2-1-3-5-13;;1-3-2;1-2;/h4-13,25,28-29,32-33,36,51H,14-24,26-27H2,1-3H3,(H,44,50)(H,45,49);4-8,17,20,31H,9-16H2,1-3H3,(H,26,30);11,13,25H,4-10H2,1-3H3,(H,19,24)(H,22,23);1-5,14,17H,6-12H2;1H4;;;1H/q;;;;;-1;;/t32-,33-,36+;20-;13-;14-;;;;/m1000..../s1. The van der Waals surface area contributed by atoms with Gasteiger partial charge in [-0.05, 0) is 133 Å². The van der Waals surface area contributed by atoms with Crippen LogP contribution in [0.1, 0.15) is 153 Å². The minimum Gasteiger partial charge on any atom is -0.460 e. The van der Waals surface area contributed by atoms with E-state index in [0.717, 1.165) is 99.2 Å². The maximum Gasteiger partial charge on any atom is 0.324 e. The SMILES string of the molecule is C.CN(Cc1csc(C(C)(C)O)n1)C(=O)N[C@@H](CCN1CCOCC1)C(=O)C[C@H](CC[C@H](Cc1ccccc1)NC(=O)OCc1cncs1)Cc1ccccc1.CN(Cc1csc(C(C)(C)O)n1)C(=O)N[C@@H](CCN1CCOCC1)C(=O)O.CN(Cc1csc(C(C)(C)O)n1)C(=O)N[C@@H](CCN1CCOCC1)C(=O)OCc1ccccc1.I.II.I[I-]I.O=C(OCc1ccccc1)[C@H](CCN1CCOCC1)NCl. The van der Waals surface area contributed by atoms with Gasteiger partial charge in [-0.1, -0.05) is 129 Å². The van der Waals surface area contributed by atoms with Crippen molar-refractivity contribution < 1.29 is 105 Å². The van der Waals surface area contributed by atoms with E-state index in [2.05, 4.69) is 152 Å². The number of urea groups is 3. The van der Waals surface area contributed by atoms with Crippen molar-refractivity contribution in [2.24, 2.45) is 5.92 Å². The average molecular weight is 2770 g/mol. The quantitative estimate of drug-likeness (QED) is 0.00741. The van der Waals surface area contributed by atoms with E-state index in [1.807, 2.05) is 120 Å². The van der Waals surface area contributed by atoms with E-state index in [4.69, 9.17) is 44.9 Å². The summed E-state index contributed by atoms with van der Waals surface area (Å²) < 4.78 is 37.8. The Morgan fingerprint density at radius 2 is 0.785 bits per heavy atom. The number of aliphatic hydroxyl groups is 3. The monoisotopic (exact) mass is 2770 g/mol. The zero-order valence-corrected chi connectivity index (χ0v) is 99.4. The molecular formula is C98H142ClI6N16O19S4-. The number of halogens is 7. The smallest absolute Gasteiger partial charge is 0.324 e. The number of benzene rings is 4. The van der Waals surface area contributed by atoms with Crippen LogP contribution in [0.5, 0.6) is 0 Å². The van der Waals surface area contributed by atoms with Crippen LogP contribution in [0, 0.1) is 5.92 Å². The van der Waals surface area contributed by atoms with Gasteiger partial charge in [-0.3, -0.25) is 34.2 Å². The number of carboxylic acids is 1. The van der Waals surface area contributed by atoms with Crippen molar-refractivity contribution in [3.8, 4) is 0 Å². The van der Waals surface area contributed by atoms with Crippen molar-refractivity contribution in [2.75, 3.05) is 153 Å². The molecule has 7 amide bonds. The number of thiazole rings is 4. The van der Waals surface area contributed by atoms with Gasteiger partial charge in [0, 0.05) is 172 Å². The number of ether oxygens (including phenoxy) is 7. The Morgan fingerprint density at radius 3 is 1.12 bits per heavy atom. The first kappa shape index (κ1) is 129. The Balaban J connectivity index is 0.000000353. The van der Waals surface area contributed by atoms with E-state index >= 15 is 0 Å². The molecule has 9 N–H and O–H groups in total. The second-order valence-electron chi connectivity index (χ2n) is 35.8. The number of carbonyl (C=O) groups is 8. The van der Waals surface area contributed by atoms with Gasteiger partial charge < -0.3 is 89.6 Å². The summed E-state index contributed by atoms with van der Waals surface area (Å²) in [6, 6.07) is 34.8. The first-order valence-electron chi connectivity index (χ1n) is 46.8. The number of alkyl carbamates (subject to hydrolysis) is 1. The molecule has 144 heavy (non-hydrogen) atoms. The van der Waals surface area contributed by atoms with Crippen LogP contribution in [-0.4, -0.2) is 305 Å². The van der Waals surface area contributed by atoms with Gasteiger partial charge in [-0.25, -0.2) is 48.6 Å². The van der Waals surface area contributed by atoms with Gasteiger partial charge in [0.05, 0.1) is 106 Å². The number of aromatic nitrogens is 4. The summed E-state index contributed by atoms with van der Waals surface area (Å²) in [7, 11) is 4.91. The Hall–Kier alpha value is -5.25. The summed E-state index contributed by atoms with van der Waals surface area (Å²) in [6.07, 6.45) is 5.91. The average Bonchev–Trinajstić information content (AvgIpc) is 1.69. The largest absolute Gasteiger partial charge is 0.460 e. The fraction of sp³-hybridized carbons (Fsp3) is 0.551. The molecule has 0 spiro atoms. The summed E-state index contributed by atoms with van der Waals surface area (Å²) in [5.41, 5.74) is 4.64. The number of aliphatic carboxylic acids is 1. The minimum absolute atomic E-state index is 0. The molecule has 46 heteroatoms. The minimum atomic E-state index is -1.07. The van der Waals surface area contributed by atoms with Crippen LogP contribution in [-0.2, 0) is 121 Å². The van der Waals surface area contributed by atoms with Crippen LogP contribution in [0.15, 0.2) is 149 Å². The van der Waals surface area contributed by atoms with Crippen molar-refractivity contribution >= 4 is 203 Å². The van der Waals surface area contributed by atoms with Gasteiger partial charge in [0.15, 0.2) is 5.78 Å². The Morgan fingerprint density at radius 1 is 0.458 bits per heavy atom. The number of hydrogen-bond acceptors (Lipinski definition) is 31. The molecule has 0 aliphatic carbocycles. The number of hydrogen-bond donors (Lipinski definition) is 9. The van der Waals surface area contributed by atoms with Crippen molar-refractivity contribution in [3.05, 3.63) is 208 Å². The molecule has 4 aromatic heterocycles. The summed E-state index contributed by atoms with van der Waals surface area (Å²) in [4.78, 5) is 137. The van der Waals surface area contributed by atoms with Crippen LogP contribution < -0.4 is 39.4 Å². The molecule has 4 aromatic carbocycles. The zero-order valence-electron chi connectivity index (χ0n) is 82.3. The summed E-state index contributed by atoms with van der Waals surface area (Å²) >= 11 is 20.7. The molecule has 8 aromatic rings. The molecule has 802 valence electrons. The zero-order chi connectivity index (χ0) is 103. The number of nitrogens with zero attached hydrogens (tertiary/aromatic N) is 11. The van der Waals surface area contributed by atoms with Gasteiger partial charge >= 0.3 is 92.6 Å². The van der Waals surface area contributed by atoms with Crippen LogP contribution in [0.25, 0.3) is 0 Å². The third kappa shape index (κ3) is 51.7. The van der Waals surface area contributed by atoms with Crippen molar-refractivity contribution in [1.82, 2.24) is 80.3 Å². The molecule has 8 heterocycles. The number of esters is 2. The molecule has 12 rings (SSSR count). The first-order valence-corrected chi connectivity index (χ1v) is 69.6. The van der Waals surface area contributed by atoms with Crippen LogP contribution in [0.3, 0.4) is 0 Å². The molecule has 4 aliphatic rings. The number of carbonyl (C=O) groups excluding carboxylic acids is 7. The molecule has 6 atom stereocenters. The summed E-state index contributed by atoms with van der Waals surface area (Å²) in [5.74, 6) is -1.90. The molecule has 0 saturated carbocycles. The van der Waals surface area contributed by atoms with E-state index < -0.39 is 65.0 Å². The third-order valence-corrected chi connectivity index (χ3v) is 27.4. The molecule has 35 nitrogen and oxygen atoms in total. The van der Waals surface area contributed by atoms with Gasteiger partial charge in [0.25, 0.3) is 0 Å². The molecule has 4 aliphatic heterocycles. The number of nitrogens with one attached hydrogen (secondary N) is 5. The number of rotatable bonds is 45. The Bertz CT molecular complexity index is 4920. The van der Waals surface area contributed by atoms with E-state index in [9.17, 15) is 58.8 Å². The topological polar surface area (TPSA) is 416 Å². The first-order chi connectivity index (χ1) is 68.1. The van der Waals surface area contributed by atoms with Crippen LogP contribution in [0.4, 0.5) is 19.2 Å². The van der Waals surface area contributed by atoms with Crippen molar-refractivity contribution in [2.45, 2.75) is 193 Å². The fourth-order valence-corrected chi connectivity index (χ4v) is 18.0. The van der Waals surface area contributed by atoms with Gasteiger partial charge in [-0.15, -0.1) is 69.3 Å². The number of amides is 7. The number of Topliss-reactive ketones (excluding diaryl/α,β-unsaturated/α-hetero) is 1. The normalized spacial score (nSPS) is 15.3. The van der Waals surface area contributed by atoms with Gasteiger partial charge in [0.2, 0.25) is 0 Å². The van der Waals surface area contributed by atoms with E-state index in [1.165, 1.54) is 60.0 Å². The van der Waals surface area contributed by atoms with Crippen molar-refractivity contribution in [3.63, 3.8) is 0 Å². The molecule has 0 unspecified atom stereocenters. The fourth-order valence-electron chi connectivity index (χ4n) is 14.8. The second kappa shape index (κ2) is 71.5. The predicted octanol–water partition coefficient (Wildman–Crippen LogP) is 12.6.